The van der Waals surface area contributed by atoms with E-state index in [0.717, 1.165) is 11.4 Å². The zero-order chi connectivity index (χ0) is 19.1. The number of carbonyl (C=O) groups excluding carboxylic acids is 2. The van der Waals surface area contributed by atoms with Gasteiger partial charge >= 0.3 is 5.97 Å². The minimum absolute atomic E-state index is 0.0209. The number of thioether (sulfide) groups is 2. The fraction of sp³-hybridized carbons (Fsp3) is 0.353. The average molecular weight is 412 g/mol. The van der Waals surface area contributed by atoms with Crippen molar-refractivity contribution in [3.63, 3.8) is 0 Å². The molecule has 26 heavy (non-hydrogen) atoms. The van der Waals surface area contributed by atoms with Crippen LogP contribution in [0, 0.1) is 0 Å². The van der Waals surface area contributed by atoms with Gasteiger partial charge in [-0.25, -0.2) is 9.80 Å². The fourth-order valence-corrected chi connectivity index (χ4v) is 5.75. The summed E-state index contributed by atoms with van der Waals surface area (Å²) in [5.74, 6) is -0.503. The molecule has 1 atom stereocenters. The normalized spacial score (nSPS) is 22.3. The highest BCUT2D eigenvalue weighted by Gasteiger charge is 2.56. The largest absolute Gasteiger partial charge is 0.461 e. The Morgan fingerprint density at radius 3 is 2.65 bits per heavy atom. The van der Waals surface area contributed by atoms with Crippen molar-refractivity contribution in [2.45, 2.75) is 25.1 Å². The molecule has 1 aromatic carbocycles. The topological polar surface area (TPSA) is 62.2 Å². The summed E-state index contributed by atoms with van der Waals surface area (Å²) in [6.07, 6.45) is 0. The first-order valence-corrected chi connectivity index (χ1v) is 9.96. The molecule has 2 aliphatic rings. The first-order valence-electron chi connectivity index (χ1n) is 7.95. The maximum absolute atomic E-state index is 12.3. The van der Waals surface area contributed by atoms with E-state index in [1.165, 1.54) is 30.4 Å². The van der Waals surface area contributed by atoms with Gasteiger partial charge in [-0.05, 0) is 50.7 Å². The Hall–Kier alpha value is -1.64. The number of Topliss-reactive ketones (excluding diaryl/α,β-unsaturated/α-hetero) is 1. The molecule has 138 valence electrons. The van der Waals surface area contributed by atoms with Crippen molar-refractivity contribution in [3.05, 3.63) is 39.9 Å². The monoisotopic (exact) mass is 411 g/mol. The molecule has 2 aliphatic heterocycles. The van der Waals surface area contributed by atoms with E-state index < -0.39 is 10.3 Å². The molecule has 0 aromatic heterocycles. The van der Waals surface area contributed by atoms with E-state index in [9.17, 15) is 9.59 Å². The molecule has 1 aromatic rings. The third-order valence-electron chi connectivity index (χ3n) is 4.00. The zero-order valence-electron chi connectivity index (χ0n) is 14.8. The molecule has 0 N–H and O–H groups in total. The Bertz CT molecular complexity index is 842. The van der Waals surface area contributed by atoms with E-state index in [1.54, 1.807) is 24.1 Å². The Morgan fingerprint density at radius 1 is 1.35 bits per heavy atom. The van der Waals surface area contributed by atoms with Gasteiger partial charge in [-0.2, -0.15) is 5.10 Å². The van der Waals surface area contributed by atoms with Crippen LogP contribution in [0.5, 0.6) is 0 Å². The number of anilines is 1. The van der Waals surface area contributed by atoms with Gasteiger partial charge in [-0.15, -0.1) is 0 Å². The lowest BCUT2D eigenvalue weighted by molar-refractivity contribution is -0.134. The quantitative estimate of drug-likeness (QED) is 0.696. The van der Waals surface area contributed by atoms with Crippen molar-refractivity contribution in [2.24, 2.45) is 5.10 Å². The predicted octanol–water partition coefficient (Wildman–Crippen LogP) is 3.88. The number of esters is 1. The number of ether oxygens (including phenoxy) is 1. The van der Waals surface area contributed by atoms with Crippen molar-refractivity contribution < 1.29 is 14.3 Å². The van der Waals surface area contributed by atoms with Crippen molar-refractivity contribution in [1.29, 1.82) is 0 Å². The molecule has 6 nitrogen and oxygen atoms in total. The van der Waals surface area contributed by atoms with Gasteiger partial charge in [0, 0.05) is 17.8 Å². The average Bonchev–Trinajstić information content (AvgIpc) is 3.10. The first-order chi connectivity index (χ1) is 12.3. The van der Waals surface area contributed by atoms with Crippen LogP contribution >= 0.6 is 35.1 Å². The van der Waals surface area contributed by atoms with Crippen LogP contribution in [0.1, 0.15) is 20.8 Å². The summed E-state index contributed by atoms with van der Waals surface area (Å²) in [6, 6.07) is 7.23. The maximum Gasteiger partial charge on any atom is 0.365 e. The Morgan fingerprint density at radius 2 is 2.08 bits per heavy atom. The minimum Gasteiger partial charge on any atom is -0.461 e. The molecule has 0 saturated heterocycles. The molecule has 3 rings (SSSR count). The summed E-state index contributed by atoms with van der Waals surface area (Å²) in [7, 11) is 1.88. The summed E-state index contributed by atoms with van der Waals surface area (Å²) in [5.41, 5.74) is 1.56. The van der Waals surface area contributed by atoms with E-state index in [-0.39, 0.29) is 17.4 Å². The van der Waals surface area contributed by atoms with E-state index in [4.69, 9.17) is 16.3 Å². The van der Waals surface area contributed by atoms with Gasteiger partial charge in [0.2, 0.25) is 9.37 Å². The fourth-order valence-electron chi connectivity index (χ4n) is 2.69. The Balaban J connectivity index is 2.07. The number of benzene rings is 1. The zero-order valence-corrected chi connectivity index (χ0v) is 17.2. The number of rotatable bonds is 4. The summed E-state index contributed by atoms with van der Waals surface area (Å²) in [5, 5.41) is 7.03. The van der Waals surface area contributed by atoms with Gasteiger partial charge in [-0.1, -0.05) is 29.4 Å². The second kappa shape index (κ2) is 7.17. The van der Waals surface area contributed by atoms with Gasteiger partial charge in [0.1, 0.15) is 0 Å². The van der Waals surface area contributed by atoms with Crippen molar-refractivity contribution >= 4 is 57.6 Å². The molecule has 0 fully saturated rings. The van der Waals surface area contributed by atoms with E-state index >= 15 is 0 Å². The van der Waals surface area contributed by atoms with Crippen LogP contribution in [0.2, 0.25) is 5.02 Å². The lowest BCUT2D eigenvalue weighted by Crippen LogP contribution is -2.47. The highest BCUT2D eigenvalue weighted by atomic mass is 35.5. The summed E-state index contributed by atoms with van der Waals surface area (Å²) in [4.78, 5) is 27.0. The highest BCUT2D eigenvalue weighted by molar-refractivity contribution is 8.28. The third kappa shape index (κ3) is 3.10. The SMILES string of the molecule is CCOC(=O)C1=NN(c2cccc(Cl)c2)[C@@]2(S1)SC(C(C)=O)=C(C)N2C. The van der Waals surface area contributed by atoms with Gasteiger partial charge in [0.05, 0.1) is 17.2 Å². The first kappa shape index (κ1) is 19.1. The van der Waals surface area contributed by atoms with Gasteiger partial charge in [0.15, 0.2) is 5.78 Å². The minimum atomic E-state index is -0.822. The van der Waals surface area contributed by atoms with Crippen molar-refractivity contribution in [1.82, 2.24) is 4.90 Å². The molecule has 0 bridgehead atoms. The van der Waals surface area contributed by atoms with Crippen molar-refractivity contribution in [3.8, 4) is 0 Å². The van der Waals surface area contributed by atoms with Crippen LogP contribution in [0.4, 0.5) is 5.69 Å². The summed E-state index contributed by atoms with van der Waals surface area (Å²) < 4.78 is 4.30. The molecule has 0 saturated carbocycles. The number of carbonyl (C=O) groups is 2. The standard InChI is InChI=1S/C17H18ClN3O3S2/c1-5-24-16(23)15-19-21(13-8-6-7-12(18)9-13)17(26-15)20(4)10(2)14(25-17)11(3)22/h6-9H,5H2,1-4H3/t17-/m1/s1. The van der Waals surface area contributed by atoms with E-state index in [1.807, 2.05) is 31.0 Å². The smallest absolute Gasteiger partial charge is 0.365 e. The number of nitrogens with zero attached hydrogens (tertiary/aromatic N) is 3. The molecule has 0 amide bonds. The van der Waals surface area contributed by atoms with Crippen LogP contribution in [-0.4, -0.2) is 39.7 Å². The van der Waals surface area contributed by atoms with Crippen LogP contribution < -0.4 is 5.01 Å². The van der Waals surface area contributed by atoms with Crippen LogP contribution in [-0.2, 0) is 14.3 Å². The molecule has 0 aliphatic carbocycles. The van der Waals surface area contributed by atoms with Gasteiger partial charge in [-0.3, -0.25) is 4.79 Å². The predicted molar refractivity (Wildman–Crippen MR) is 107 cm³/mol. The Kier molecular flexibility index (Phi) is 5.28. The van der Waals surface area contributed by atoms with Crippen molar-refractivity contribution in [2.75, 3.05) is 18.7 Å². The van der Waals surface area contributed by atoms with Crippen LogP contribution in [0.3, 0.4) is 0 Å². The molecule has 0 unspecified atom stereocenters. The lowest BCUT2D eigenvalue weighted by atomic mass is 10.3. The summed E-state index contributed by atoms with van der Waals surface area (Å²) >= 11 is 8.79. The number of allylic oxidation sites excluding steroid dienone is 2. The molecule has 0 radical (unpaired) electrons. The number of hydrazone groups is 1. The van der Waals surface area contributed by atoms with Crippen LogP contribution in [0.25, 0.3) is 0 Å². The molecule has 2 heterocycles. The second-order valence-electron chi connectivity index (χ2n) is 5.70. The third-order valence-corrected chi connectivity index (χ3v) is 7.39. The maximum atomic E-state index is 12.3. The Labute approximate surface area is 165 Å². The molecule has 9 heteroatoms. The summed E-state index contributed by atoms with van der Waals surface area (Å²) in [6.45, 7) is 5.44. The molecular weight excluding hydrogens is 394 g/mol. The highest BCUT2D eigenvalue weighted by Crippen LogP contribution is 2.58. The molecular formula is C17H18ClN3O3S2. The number of hydrogen-bond acceptors (Lipinski definition) is 8. The van der Waals surface area contributed by atoms with Gasteiger partial charge in [0.25, 0.3) is 0 Å². The van der Waals surface area contributed by atoms with Gasteiger partial charge < -0.3 is 9.64 Å². The number of hydrogen-bond donors (Lipinski definition) is 0. The number of ketones is 1. The number of halogens is 1. The second-order valence-corrected chi connectivity index (χ2v) is 8.74. The molecule has 1 spiro atoms. The van der Waals surface area contributed by atoms with Crippen LogP contribution in [0.15, 0.2) is 40.0 Å². The van der Waals surface area contributed by atoms with E-state index in [2.05, 4.69) is 5.10 Å². The lowest BCUT2D eigenvalue weighted by Gasteiger charge is -2.39. The van der Waals surface area contributed by atoms with E-state index in [0.29, 0.717) is 9.93 Å².